The Bertz CT molecular complexity index is 379. The van der Waals surface area contributed by atoms with E-state index in [0.717, 1.165) is 24.6 Å². The van der Waals surface area contributed by atoms with Gasteiger partial charge >= 0.3 is 5.97 Å². The smallest absolute Gasteiger partial charge is 0.305 e. The number of amides is 2. The van der Waals surface area contributed by atoms with Crippen LogP contribution in [0.1, 0.15) is 32.1 Å². The number of carboxylic acids is 1. The topological polar surface area (TPSA) is 95.5 Å². The van der Waals surface area contributed by atoms with Crippen LogP contribution in [-0.4, -0.2) is 39.6 Å². The van der Waals surface area contributed by atoms with Crippen LogP contribution in [0.4, 0.5) is 4.79 Å². The largest absolute Gasteiger partial charge is 0.481 e. The van der Waals surface area contributed by atoms with Crippen molar-refractivity contribution in [3.63, 3.8) is 0 Å². The number of aliphatic carboxylic acids is 1. The molecule has 2 aliphatic rings. The predicted octanol–water partition coefficient (Wildman–Crippen LogP) is 0.715. The first-order chi connectivity index (χ1) is 8.51. The molecule has 3 N–H and O–H groups in total. The van der Waals surface area contributed by atoms with Crippen molar-refractivity contribution in [2.75, 3.05) is 5.75 Å². The van der Waals surface area contributed by atoms with Crippen molar-refractivity contribution >= 4 is 28.9 Å². The van der Waals surface area contributed by atoms with E-state index in [1.807, 2.05) is 0 Å². The van der Waals surface area contributed by atoms with Crippen LogP contribution in [0.15, 0.2) is 0 Å². The van der Waals surface area contributed by atoms with E-state index in [2.05, 4.69) is 10.6 Å². The fourth-order valence-corrected chi connectivity index (χ4v) is 3.34. The molecule has 1 saturated carbocycles. The van der Waals surface area contributed by atoms with Gasteiger partial charge in [-0.1, -0.05) is 24.6 Å². The maximum Gasteiger partial charge on any atom is 0.305 e. The van der Waals surface area contributed by atoms with E-state index in [4.69, 9.17) is 5.11 Å². The molecule has 0 radical (unpaired) electrons. The Hall–Kier alpha value is -1.24. The molecule has 1 heterocycles. The molecule has 0 bridgehead atoms. The molecule has 0 aromatic heterocycles. The Balaban J connectivity index is 1.98. The van der Waals surface area contributed by atoms with Gasteiger partial charge in [0.05, 0.1) is 12.0 Å². The summed E-state index contributed by atoms with van der Waals surface area (Å²) in [5, 5.41) is 14.1. The van der Waals surface area contributed by atoms with E-state index in [0.29, 0.717) is 18.6 Å². The van der Waals surface area contributed by atoms with Gasteiger partial charge in [-0.05, 0) is 12.8 Å². The molecule has 1 aliphatic carbocycles. The highest BCUT2D eigenvalue weighted by Crippen LogP contribution is 2.33. The first-order valence-electron chi connectivity index (χ1n) is 5.98. The second-order valence-electron chi connectivity index (χ2n) is 4.84. The first kappa shape index (κ1) is 13.2. The van der Waals surface area contributed by atoms with Gasteiger partial charge in [-0.2, -0.15) is 0 Å². The standard InChI is InChI=1S/C11H16N2O4S/c14-8(15)5-11(3-1-2-4-11)13-9(16)7-6-18-10(17)12-7/h7H,1-6H2,(H,12,17)(H,13,16)(H,14,15). The normalized spacial score (nSPS) is 25.8. The highest BCUT2D eigenvalue weighted by atomic mass is 32.2. The number of carboxylic acid groups (broad SMARTS) is 1. The van der Waals surface area contributed by atoms with Gasteiger partial charge in [-0.25, -0.2) is 0 Å². The summed E-state index contributed by atoms with van der Waals surface area (Å²) in [5.41, 5.74) is -0.624. The first-order valence-corrected chi connectivity index (χ1v) is 6.96. The second-order valence-corrected chi connectivity index (χ2v) is 5.84. The SMILES string of the molecule is O=C(O)CC1(NC(=O)C2CSC(=O)N2)CCCC1. The summed E-state index contributed by atoms with van der Waals surface area (Å²) in [6.07, 6.45) is 3.20. The third kappa shape index (κ3) is 2.95. The number of rotatable bonds is 4. The minimum atomic E-state index is -0.901. The van der Waals surface area contributed by atoms with E-state index in [9.17, 15) is 14.4 Å². The Morgan fingerprint density at radius 1 is 1.44 bits per heavy atom. The predicted molar refractivity (Wildman–Crippen MR) is 66.4 cm³/mol. The molecular weight excluding hydrogens is 256 g/mol. The fraction of sp³-hybridized carbons (Fsp3) is 0.727. The van der Waals surface area contributed by atoms with Crippen LogP contribution >= 0.6 is 11.8 Å². The molecule has 7 heteroatoms. The number of hydrogen-bond donors (Lipinski definition) is 3. The highest BCUT2D eigenvalue weighted by molar-refractivity contribution is 8.14. The third-order valence-electron chi connectivity index (χ3n) is 3.43. The fourth-order valence-electron chi connectivity index (χ4n) is 2.56. The van der Waals surface area contributed by atoms with Gasteiger partial charge in [-0.15, -0.1) is 0 Å². The van der Waals surface area contributed by atoms with Gasteiger partial charge in [-0.3, -0.25) is 14.4 Å². The molecule has 1 saturated heterocycles. The van der Waals surface area contributed by atoms with E-state index in [1.54, 1.807) is 0 Å². The average Bonchev–Trinajstić information content (AvgIpc) is 2.87. The van der Waals surface area contributed by atoms with Crippen LogP contribution in [0, 0.1) is 0 Å². The lowest BCUT2D eigenvalue weighted by molar-refractivity contribution is -0.139. The van der Waals surface area contributed by atoms with Crippen LogP contribution in [0.25, 0.3) is 0 Å². The maximum absolute atomic E-state index is 12.0. The van der Waals surface area contributed by atoms with Crippen molar-refractivity contribution in [2.45, 2.75) is 43.7 Å². The van der Waals surface area contributed by atoms with Crippen molar-refractivity contribution in [3.8, 4) is 0 Å². The molecule has 6 nitrogen and oxygen atoms in total. The summed E-state index contributed by atoms with van der Waals surface area (Å²) in [6.45, 7) is 0. The van der Waals surface area contributed by atoms with Gasteiger partial charge in [0.25, 0.3) is 5.24 Å². The minimum absolute atomic E-state index is 0.0491. The summed E-state index contributed by atoms with van der Waals surface area (Å²) < 4.78 is 0. The lowest BCUT2D eigenvalue weighted by Gasteiger charge is -2.29. The van der Waals surface area contributed by atoms with Crippen LogP contribution in [-0.2, 0) is 9.59 Å². The van der Waals surface area contributed by atoms with Gasteiger partial charge in [0.15, 0.2) is 0 Å². The summed E-state index contributed by atoms with van der Waals surface area (Å²) in [4.78, 5) is 33.9. The summed E-state index contributed by atoms with van der Waals surface area (Å²) in [7, 11) is 0. The lowest BCUT2D eigenvalue weighted by Crippen LogP contribution is -2.54. The molecule has 2 rings (SSSR count). The molecule has 0 aromatic rings. The maximum atomic E-state index is 12.0. The zero-order chi connectivity index (χ0) is 13.2. The zero-order valence-corrected chi connectivity index (χ0v) is 10.7. The average molecular weight is 272 g/mol. The van der Waals surface area contributed by atoms with E-state index < -0.39 is 17.6 Å². The molecular formula is C11H16N2O4S. The number of carbonyl (C=O) groups is 3. The van der Waals surface area contributed by atoms with E-state index >= 15 is 0 Å². The van der Waals surface area contributed by atoms with Crippen molar-refractivity contribution in [1.82, 2.24) is 10.6 Å². The molecule has 2 amide bonds. The van der Waals surface area contributed by atoms with Crippen molar-refractivity contribution in [2.24, 2.45) is 0 Å². The summed E-state index contributed by atoms with van der Waals surface area (Å²) in [6, 6.07) is -0.534. The van der Waals surface area contributed by atoms with Crippen LogP contribution in [0.5, 0.6) is 0 Å². The molecule has 1 atom stereocenters. The highest BCUT2D eigenvalue weighted by Gasteiger charge is 2.40. The third-order valence-corrected chi connectivity index (χ3v) is 4.31. The van der Waals surface area contributed by atoms with Gasteiger partial charge in [0.1, 0.15) is 6.04 Å². The summed E-state index contributed by atoms with van der Waals surface area (Å²) in [5.74, 6) is -0.757. The molecule has 1 aliphatic heterocycles. The molecule has 100 valence electrons. The Morgan fingerprint density at radius 2 is 2.11 bits per heavy atom. The number of hydrogen-bond acceptors (Lipinski definition) is 4. The van der Waals surface area contributed by atoms with Gasteiger partial charge in [0.2, 0.25) is 5.91 Å². The lowest BCUT2D eigenvalue weighted by atomic mass is 9.93. The van der Waals surface area contributed by atoms with Crippen LogP contribution < -0.4 is 10.6 Å². The van der Waals surface area contributed by atoms with E-state index in [-0.39, 0.29) is 17.6 Å². The van der Waals surface area contributed by atoms with Crippen LogP contribution in [0.3, 0.4) is 0 Å². The van der Waals surface area contributed by atoms with Crippen LogP contribution in [0.2, 0.25) is 0 Å². The number of carbonyl (C=O) groups excluding carboxylic acids is 2. The Labute approximate surface area is 109 Å². The molecule has 18 heavy (non-hydrogen) atoms. The van der Waals surface area contributed by atoms with Crippen molar-refractivity contribution < 1.29 is 19.5 Å². The monoisotopic (exact) mass is 272 g/mol. The summed E-state index contributed by atoms with van der Waals surface area (Å²) >= 11 is 1.08. The minimum Gasteiger partial charge on any atom is -0.481 e. The Kier molecular flexibility index (Phi) is 3.79. The second kappa shape index (κ2) is 5.17. The Morgan fingerprint density at radius 3 is 2.61 bits per heavy atom. The van der Waals surface area contributed by atoms with Gasteiger partial charge < -0.3 is 15.7 Å². The zero-order valence-electron chi connectivity index (χ0n) is 9.90. The number of nitrogens with one attached hydrogen (secondary N) is 2. The van der Waals surface area contributed by atoms with Crippen molar-refractivity contribution in [1.29, 1.82) is 0 Å². The van der Waals surface area contributed by atoms with Crippen molar-refractivity contribution in [3.05, 3.63) is 0 Å². The molecule has 1 unspecified atom stereocenters. The van der Waals surface area contributed by atoms with E-state index in [1.165, 1.54) is 0 Å². The quantitative estimate of drug-likeness (QED) is 0.700. The number of thioether (sulfide) groups is 1. The molecule has 0 spiro atoms. The molecule has 0 aromatic carbocycles. The van der Waals surface area contributed by atoms with Gasteiger partial charge in [0, 0.05) is 5.75 Å². The molecule has 2 fully saturated rings.